The minimum atomic E-state index is -0.648. The number of primary amides is 1. The van der Waals surface area contributed by atoms with Crippen LogP contribution in [0.1, 0.15) is 44.7 Å². The summed E-state index contributed by atoms with van der Waals surface area (Å²) in [6, 6.07) is 8.52. The van der Waals surface area contributed by atoms with Crippen LogP contribution in [0.3, 0.4) is 0 Å². The number of nitrogens with two attached hydrogens (primary N) is 1. The molecule has 0 fully saturated rings. The Morgan fingerprint density at radius 2 is 2.00 bits per heavy atom. The van der Waals surface area contributed by atoms with Crippen LogP contribution < -0.4 is 16.4 Å². The van der Waals surface area contributed by atoms with Gasteiger partial charge in [0.2, 0.25) is 5.91 Å². The lowest BCUT2D eigenvalue weighted by Gasteiger charge is -2.20. The van der Waals surface area contributed by atoms with Crippen LogP contribution in [0.4, 0.5) is 0 Å². The van der Waals surface area contributed by atoms with E-state index in [1.165, 1.54) is 11.1 Å². The van der Waals surface area contributed by atoms with Gasteiger partial charge in [-0.2, -0.15) is 0 Å². The molecule has 1 amide bonds. The minimum absolute atomic E-state index is 0. The predicted molar refractivity (Wildman–Crippen MR) is 112 cm³/mol. The summed E-state index contributed by atoms with van der Waals surface area (Å²) >= 11 is 0. The summed E-state index contributed by atoms with van der Waals surface area (Å²) in [6.45, 7) is 11.8. The maximum atomic E-state index is 11.4. The third kappa shape index (κ3) is 7.51. The molecule has 5 nitrogen and oxygen atoms in total. The Morgan fingerprint density at radius 3 is 2.54 bits per heavy atom. The third-order valence-electron chi connectivity index (χ3n) is 3.83. The van der Waals surface area contributed by atoms with Crippen LogP contribution >= 0.6 is 24.0 Å². The first-order valence-electron chi connectivity index (χ1n) is 8.15. The molecule has 0 aliphatic rings. The largest absolute Gasteiger partial charge is 0.369 e. The standard InChI is InChI=1S/C18H30N4O.HI/c1-6-20-17(22-12-18(4,5)16(19)23)21-11-14(3)15-9-7-8-13(2)10-15;/h7-10,14H,6,11-12H2,1-5H3,(H2,19,23)(H2,20,21,22);1H. The maximum absolute atomic E-state index is 11.4. The molecule has 0 aromatic heterocycles. The van der Waals surface area contributed by atoms with Gasteiger partial charge in [0.1, 0.15) is 0 Å². The lowest BCUT2D eigenvalue weighted by atomic mass is 9.93. The highest BCUT2D eigenvalue weighted by Crippen LogP contribution is 2.16. The molecule has 1 unspecified atom stereocenters. The summed E-state index contributed by atoms with van der Waals surface area (Å²) in [5.41, 5.74) is 7.30. The molecular weight excluding hydrogens is 415 g/mol. The summed E-state index contributed by atoms with van der Waals surface area (Å²) in [4.78, 5) is 15.9. The van der Waals surface area contributed by atoms with Crippen molar-refractivity contribution in [3.05, 3.63) is 35.4 Å². The highest BCUT2D eigenvalue weighted by molar-refractivity contribution is 14.0. The van der Waals surface area contributed by atoms with Crippen molar-refractivity contribution in [2.45, 2.75) is 40.5 Å². The van der Waals surface area contributed by atoms with E-state index in [2.05, 4.69) is 53.7 Å². The highest BCUT2D eigenvalue weighted by Gasteiger charge is 2.24. The number of carbonyl (C=O) groups excluding carboxylic acids is 1. The first kappa shape index (κ1) is 22.7. The number of aliphatic imine (C=N–C) groups is 1. The van der Waals surface area contributed by atoms with Crippen molar-refractivity contribution >= 4 is 35.8 Å². The van der Waals surface area contributed by atoms with Crippen LogP contribution in [0.25, 0.3) is 0 Å². The van der Waals surface area contributed by atoms with E-state index in [0.29, 0.717) is 18.4 Å². The Hall–Kier alpha value is -1.31. The number of hydrogen-bond donors (Lipinski definition) is 3. The highest BCUT2D eigenvalue weighted by atomic mass is 127. The Kier molecular flexibility index (Phi) is 9.96. The van der Waals surface area contributed by atoms with Crippen molar-refractivity contribution in [3.8, 4) is 0 Å². The number of halogens is 1. The fourth-order valence-corrected chi connectivity index (χ4v) is 2.04. The van der Waals surface area contributed by atoms with Gasteiger partial charge in [0.25, 0.3) is 0 Å². The van der Waals surface area contributed by atoms with Gasteiger partial charge in [0.05, 0.1) is 12.0 Å². The zero-order valence-corrected chi connectivity index (χ0v) is 17.7. The number of nitrogens with zero attached hydrogens (tertiary/aromatic N) is 1. The number of amides is 1. The van der Waals surface area contributed by atoms with E-state index in [0.717, 1.165) is 13.1 Å². The second-order valence-electron chi connectivity index (χ2n) is 6.64. The lowest BCUT2D eigenvalue weighted by Crippen LogP contribution is -2.41. The molecule has 0 spiro atoms. The third-order valence-corrected chi connectivity index (χ3v) is 3.83. The number of rotatable bonds is 7. The first-order valence-corrected chi connectivity index (χ1v) is 8.15. The Labute approximate surface area is 162 Å². The molecule has 6 heteroatoms. The van der Waals surface area contributed by atoms with E-state index in [1.807, 2.05) is 6.92 Å². The van der Waals surface area contributed by atoms with Gasteiger partial charge in [0.15, 0.2) is 5.96 Å². The summed E-state index contributed by atoms with van der Waals surface area (Å²) in [5.74, 6) is 0.731. The monoisotopic (exact) mass is 446 g/mol. The summed E-state index contributed by atoms with van der Waals surface area (Å²) in [6.07, 6.45) is 0. The fourth-order valence-electron chi connectivity index (χ4n) is 2.04. The van der Waals surface area contributed by atoms with Gasteiger partial charge in [-0.25, -0.2) is 0 Å². The zero-order valence-electron chi connectivity index (χ0n) is 15.3. The Balaban J connectivity index is 0.00000529. The zero-order chi connectivity index (χ0) is 17.5. The molecule has 1 aromatic carbocycles. The van der Waals surface area contributed by atoms with Gasteiger partial charge in [0, 0.05) is 13.1 Å². The van der Waals surface area contributed by atoms with Gasteiger partial charge >= 0.3 is 0 Å². The van der Waals surface area contributed by atoms with Crippen LogP contribution in [0.5, 0.6) is 0 Å². The number of nitrogens with one attached hydrogen (secondary N) is 2. The molecule has 24 heavy (non-hydrogen) atoms. The normalized spacial score (nSPS) is 13.0. The van der Waals surface area contributed by atoms with Crippen molar-refractivity contribution in [2.24, 2.45) is 16.1 Å². The van der Waals surface area contributed by atoms with E-state index in [1.54, 1.807) is 13.8 Å². The average Bonchev–Trinajstić information content (AvgIpc) is 2.49. The van der Waals surface area contributed by atoms with Gasteiger partial charge in [-0.05, 0) is 39.2 Å². The molecule has 0 bridgehead atoms. The Bertz CT molecular complexity index is 558. The van der Waals surface area contributed by atoms with Crippen LogP contribution in [0.2, 0.25) is 0 Å². The van der Waals surface area contributed by atoms with Crippen molar-refractivity contribution in [1.29, 1.82) is 0 Å². The van der Waals surface area contributed by atoms with Crippen LogP contribution in [-0.2, 0) is 4.79 Å². The molecule has 0 aliphatic carbocycles. The van der Waals surface area contributed by atoms with Crippen molar-refractivity contribution in [1.82, 2.24) is 10.6 Å². The Morgan fingerprint density at radius 1 is 1.33 bits per heavy atom. The molecule has 4 N–H and O–H groups in total. The number of benzene rings is 1. The van der Waals surface area contributed by atoms with Crippen LogP contribution in [0, 0.1) is 12.3 Å². The van der Waals surface area contributed by atoms with E-state index < -0.39 is 5.41 Å². The predicted octanol–water partition coefficient (Wildman–Crippen LogP) is 2.78. The van der Waals surface area contributed by atoms with E-state index in [9.17, 15) is 4.79 Å². The van der Waals surface area contributed by atoms with E-state index >= 15 is 0 Å². The van der Waals surface area contributed by atoms with Crippen LogP contribution in [0.15, 0.2) is 29.3 Å². The molecular formula is C18H31IN4O. The maximum Gasteiger partial charge on any atom is 0.224 e. The molecule has 0 saturated carbocycles. The summed E-state index contributed by atoms with van der Waals surface area (Å²) < 4.78 is 0. The number of aryl methyl sites for hydroxylation is 1. The molecule has 1 aromatic rings. The van der Waals surface area contributed by atoms with Gasteiger partial charge in [-0.3, -0.25) is 9.79 Å². The molecule has 1 rings (SSSR count). The van der Waals surface area contributed by atoms with Crippen molar-refractivity contribution < 1.29 is 4.79 Å². The second kappa shape index (κ2) is 10.5. The molecule has 0 radical (unpaired) electrons. The molecule has 1 atom stereocenters. The SMILES string of the molecule is CCNC(=NCC(C)(C)C(N)=O)NCC(C)c1cccc(C)c1.I. The fraction of sp³-hybridized carbons (Fsp3) is 0.556. The van der Waals surface area contributed by atoms with Crippen molar-refractivity contribution in [3.63, 3.8) is 0 Å². The topological polar surface area (TPSA) is 79.5 Å². The number of carbonyl (C=O) groups is 1. The quantitative estimate of drug-likeness (QED) is 0.343. The van der Waals surface area contributed by atoms with E-state index in [4.69, 9.17) is 5.73 Å². The second-order valence-corrected chi connectivity index (χ2v) is 6.64. The number of guanidine groups is 1. The molecule has 136 valence electrons. The summed E-state index contributed by atoms with van der Waals surface area (Å²) in [5, 5.41) is 6.54. The van der Waals surface area contributed by atoms with E-state index in [-0.39, 0.29) is 29.9 Å². The first-order chi connectivity index (χ1) is 10.8. The van der Waals surface area contributed by atoms with Crippen molar-refractivity contribution in [2.75, 3.05) is 19.6 Å². The van der Waals surface area contributed by atoms with Gasteiger partial charge < -0.3 is 16.4 Å². The summed E-state index contributed by atoms with van der Waals surface area (Å²) in [7, 11) is 0. The van der Waals surface area contributed by atoms with Crippen LogP contribution in [-0.4, -0.2) is 31.5 Å². The number of hydrogen-bond acceptors (Lipinski definition) is 2. The minimum Gasteiger partial charge on any atom is -0.369 e. The molecule has 0 saturated heterocycles. The van der Waals surface area contributed by atoms with Gasteiger partial charge in [-0.15, -0.1) is 24.0 Å². The lowest BCUT2D eigenvalue weighted by molar-refractivity contribution is -0.125. The molecule has 0 heterocycles. The molecule has 0 aliphatic heterocycles. The smallest absolute Gasteiger partial charge is 0.224 e. The van der Waals surface area contributed by atoms with Gasteiger partial charge in [-0.1, -0.05) is 36.8 Å². The average molecular weight is 446 g/mol.